The smallest absolute Gasteiger partial charge is 0.436 e. The average molecular weight is 484 g/mol. The van der Waals surface area contributed by atoms with Crippen molar-refractivity contribution in [3.8, 4) is 0 Å². The number of anilines is 2. The van der Waals surface area contributed by atoms with Crippen LogP contribution in [0.1, 0.15) is 64.0 Å². The first-order valence-electron chi connectivity index (χ1n) is 11.2. The van der Waals surface area contributed by atoms with Crippen molar-refractivity contribution in [2.24, 2.45) is 11.8 Å². The minimum absolute atomic E-state index is 0.0767. The van der Waals surface area contributed by atoms with E-state index in [-0.39, 0.29) is 18.1 Å². The first-order valence-corrected chi connectivity index (χ1v) is 11.2. The van der Waals surface area contributed by atoms with Crippen molar-refractivity contribution in [3.05, 3.63) is 41.3 Å². The summed E-state index contributed by atoms with van der Waals surface area (Å²) in [5.41, 5.74) is 0.766. The molecule has 34 heavy (non-hydrogen) atoms. The van der Waals surface area contributed by atoms with E-state index < -0.39 is 30.2 Å². The highest BCUT2D eigenvalue weighted by atomic mass is 19.4. The number of carboxylic acid groups (broad SMARTS) is 1. The number of benzene rings is 1. The third-order valence-electron chi connectivity index (χ3n) is 5.04. The van der Waals surface area contributed by atoms with Crippen LogP contribution in [0.15, 0.2) is 28.8 Å². The molecule has 1 aromatic carbocycles. The summed E-state index contributed by atoms with van der Waals surface area (Å²) in [4.78, 5) is 26.0. The summed E-state index contributed by atoms with van der Waals surface area (Å²) >= 11 is 0. The zero-order chi connectivity index (χ0) is 25.6. The molecule has 0 spiro atoms. The molecular formula is C24H32F3N3O4. The van der Waals surface area contributed by atoms with Crippen LogP contribution in [0.5, 0.6) is 0 Å². The maximum Gasteiger partial charge on any atom is 0.436 e. The minimum Gasteiger partial charge on any atom is -0.481 e. The van der Waals surface area contributed by atoms with Crippen molar-refractivity contribution >= 4 is 23.3 Å². The van der Waals surface area contributed by atoms with Gasteiger partial charge in [0.05, 0.1) is 24.2 Å². The Morgan fingerprint density at radius 1 is 1.09 bits per heavy atom. The Morgan fingerprint density at radius 3 is 2.21 bits per heavy atom. The monoisotopic (exact) mass is 483 g/mol. The lowest BCUT2D eigenvalue weighted by Gasteiger charge is -2.31. The van der Waals surface area contributed by atoms with Crippen molar-refractivity contribution in [2.75, 3.05) is 23.3 Å². The first-order chi connectivity index (χ1) is 15.8. The maximum atomic E-state index is 12.8. The number of amides is 1. The van der Waals surface area contributed by atoms with Crippen LogP contribution >= 0.6 is 0 Å². The number of aliphatic carboxylic acids is 1. The van der Waals surface area contributed by atoms with E-state index in [1.807, 2.05) is 12.1 Å². The van der Waals surface area contributed by atoms with Crippen LogP contribution in [0.25, 0.3) is 0 Å². The highest BCUT2D eigenvalue weighted by Crippen LogP contribution is 2.33. The molecule has 0 radical (unpaired) electrons. The summed E-state index contributed by atoms with van der Waals surface area (Å²) in [6, 6.07) is 6.13. The molecule has 0 bridgehead atoms. The Morgan fingerprint density at radius 2 is 1.71 bits per heavy atom. The van der Waals surface area contributed by atoms with E-state index in [0.29, 0.717) is 23.6 Å². The molecule has 1 heterocycles. The Bertz CT molecular complexity index is 976. The van der Waals surface area contributed by atoms with Crippen molar-refractivity contribution in [2.45, 2.75) is 59.6 Å². The van der Waals surface area contributed by atoms with E-state index in [4.69, 9.17) is 5.11 Å². The molecule has 2 N–H and O–H groups in total. The number of nitrogens with one attached hydrogen (secondary N) is 1. The number of nitrogens with zero attached hydrogens (tertiary/aromatic N) is 2. The average Bonchev–Trinajstić information content (AvgIpc) is 3.15. The molecule has 1 aromatic heterocycles. The first kappa shape index (κ1) is 27.2. The molecule has 0 aliphatic carbocycles. The number of alkyl halides is 3. The zero-order valence-corrected chi connectivity index (χ0v) is 20.1. The lowest BCUT2D eigenvalue weighted by Crippen LogP contribution is -2.32. The van der Waals surface area contributed by atoms with Gasteiger partial charge in [0.25, 0.3) is 0 Å². The van der Waals surface area contributed by atoms with Gasteiger partial charge >= 0.3 is 12.1 Å². The highest BCUT2D eigenvalue weighted by molar-refractivity contribution is 5.95. The fourth-order valence-corrected chi connectivity index (χ4v) is 3.65. The van der Waals surface area contributed by atoms with E-state index in [2.05, 4.69) is 47.6 Å². The Hall–Kier alpha value is -3.04. The third-order valence-corrected chi connectivity index (χ3v) is 5.04. The summed E-state index contributed by atoms with van der Waals surface area (Å²) in [5, 5.41) is 14.9. The molecule has 0 saturated carbocycles. The number of rotatable bonds is 11. The van der Waals surface area contributed by atoms with Gasteiger partial charge in [-0.2, -0.15) is 13.2 Å². The van der Waals surface area contributed by atoms with Crippen LogP contribution in [0.4, 0.5) is 24.5 Å². The molecule has 2 aromatic rings. The van der Waals surface area contributed by atoms with Gasteiger partial charge in [-0.05, 0) is 35.4 Å². The van der Waals surface area contributed by atoms with Gasteiger partial charge in [0.15, 0.2) is 5.69 Å². The van der Waals surface area contributed by atoms with Crippen molar-refractivity contribution in [1.29, 1.82) is 0 Å². The summed E-state index contributed by atoms with van der Waals surface area (Å²) in [6.45, 7) is 11.5. The Balaban J connectivity index is 2.36. The number of hydrogen-bond donors (Lipinski definition) is 2. The zero-order valence-electron chi connectivity index (χ0n) is 20.1. The maximum absolute atomic E-state index is 12.8. The van der Waals surface area contributed by atoms with E-state index >= 15 is 0 Å². The van der Waals surface area contributed by atoms with Crippen LogP contribution in [0, 0.1) is 11.8 Å². The number of hydrogen-bond acceptors (Lipinski definition) is 5. The second-order valence-corrected chi connectivity index (χ2v) is 9.37. The van der Waals surface area contributed by atoms with Gasteiger partial charge in [-0.3, -0.25) is 9.59 Å². The molecule has 1 unspecified atom stereocenters. The molecule has 0 saturated heterocycles. The lowest BCUT2D eigenvalue weighted by molar-refractivity contribution is -0.142. The molecule has 2 rings (SSSR count). The summed E-state index contributed by atoms with van der Waals surface area (Å²) in [5.74, 6) is -1.33. The predicted molar refractivity (Wildman–Crippen MR) is 123 cm³/mol. The van der Waals surface area contributed by atoms with E-state index in [9.17, 15) is 22.8 Å². The SMILES string of the molecule is CC(C)CN(CC(C)C)c1ccc(C(C)CC(=O)O)cc1NC(=O)Cc1cc(C(F)(F)F)no1. The molecule has 188 valence electrons. The van der Waals surface area contributed by atoms with Gasteiger partial charge < -0.3 is 19.8 Å². The number of aromatic nitrogens is 1. The van der Waals surface area contributed by atoms with E-state index in [1.165, 1.54) is 0 Å². The third kappa shape index (κ3) is 8.07. The molecule has 0 aliphatic rings. The van der Waals surface area contributed by atoms with Crippen LogP contribution in [0.3, 0.4) is 0 Å². The lowest BCUT2D eigenvalue weighted by atomic mass is 9.96. The van der Waals surface area contributed by atoms with Crippen molar-refractivity contribution < 1.29 is 32.4 Å². The second kappa shape index (κ2) is 11.4. The molecule has 7 nitrogen and oxygen atoms in total. The van der Waals surface area contributed by atoms with Gasteiger partial charge in [-0.15, -0.1) is 0 Å². The quantitative estimate of drug-likeness (QED) is 0.434. The van der Waals surface area contributed by atoms with Crippen molar-refractivity contribution in [1.82, 2.24) is 5.16 Å². The molecular weight excluding hydrogens is 451 g/mol. The fraction of sp³-hybridized carbons (Fsp3) is 0.542. The predicted octanol–water partition coefficient (Wildman–Crippen LogP) is 5.57. The van der Waals surface area contributed by atoms with Gasteiger partial charge in [0.1, 0.15) is 5.76 Å². The largest absolute Gasteiger partial charge is 0.481 e. The van der Waals surface area contributed by atoms with Crippen LogP contribution in [-0.2, 0) is 22.2 Å². The summed E-state index contributed by atoms with van der Waals surface area (Å²) in [7, 11) is 0. The van der Waals surface area contributed by atoms with Crippen LogP contribution in [0.2, 0.25) is 0 Å². The number of carboxylic acids is 1. The molecule has 0 aliphatic heterocycles. The topological polar surface area (TPSA) is 95.7 Å². The molecule has 1 atom stereocenters. The summed E-state index contributed by atoms with van der Waals surface area (Å²) in [6.07, 6.45) is -5.16. The highest BCUT2D eigenvalue weighted by Gasteiger charge is 2.35. The van der Waals surface area contributed by atoms with Gasteiger partial charge in [0.2, 0.25) is 5.91 Å². The minimum atomic E-state index is -4.66. The molecule has 1 amide bonds. The fourth-order valence-electron chi connectivity index (χ4n) is 3.65. The van der Waals surface area contributed by atoms with Crippen LogP contribution < -0.4 is 10.2 Å². The van der Waals surface area contributed by atoms with Crippen LogP contribution in [-0.4, -0.2) is 35.2 Å². The summed E-state index contributed by atoms with van der Waals surface area (Å²) < 4.78 is 43.0. The number of halogens is 3. The molecule has 0 fully saturated rings. The second-order valence-electron chi connectivity index (χ2n) is 9.37. The van der Waals surface area contributed by atoms with Gasteiger partial charge in [-0.1, -0.05) is 45.8 Å². The number of carbonyl (C=O) groups is 2. The van der Waals surface area contributed by atoms with E-state index in [0.717, 1.165) is 24.3 Å². The standard InChI is InChI=1S/C24H32F3N3O4/c1-14(2)12-30(13-15(3)4)20-7-6-17(16(5)8-23(32)33)9-19(20)28-22(31)11-18-10-21(29-34-18)24(25,26)27/h6-7,9-10,14-16H,8,11-13H2,1-5H3,(H,28,31)(H,32,33). The number of carbonyl (C=O) groups excluding carboxylic acids is 1. The Kier molecular flexibility index (Phi) is 9.12. The van der Waals surface area contributed by atoms with Gasteiger partial charge in [-0.25, -0.2) is 0 Å². The molecule has 10 heteroatoms. The van der Waals surface area contributed by atoms with E-state index in [1.54, 1.807) is 13.0 Å². The normalized spacial score (nSPS) is 12.8. The Labute approximate surface area is 197 Å². The van der Waals surface area contributed by atoms with Gasteiger partial charge in [0, 0.05) is 19.2 Å². The van der Waals surface area contributed by atoms with Crippen molar-refractivity contribution in [3.63, 3.8) is 0 Å².